The zero-order valence-electron chi connectivity index (χ0n) is 12.4. The minimum atomic E-state index is -0.758. The molecule has 0 N–H and O–H groups in total. The number of carbonyl (C=O) groups is 1. The molecule has 3 aromatic rings. The van der Waals surface area contributed by atoms with Crippen molar-refractivity contribution in [3.8, 4) is 11.5 Å². The molecular weight excluding hydrogens is 318 g/mol. The second kappa shape index (κ2) is 6.32. The van der Waals surface area contributed by atoms with Crippen LogP contribution >= 0.6 is 0 Å². The fourth-order valence-electron chi connectivity index (χ4n) is 1.90. The van der Waals surface area contributed by atoms with Crippen molar-refractivity contribution >= 4 is 11.7 Å². The van der Waals surface area contributed by atoms with Crippen molar-refractivity contribution in [1.82, 2.24) is 10.2 Å². The number of nitro groups is 1. The van der Waals surface area contributed by atoms with Crippen LogP contribution in [0.15, 0.2) is 51.7 Å². The Morgan fingerprint density at radius 2 is 2.00 bits per heavy atom. The summed E-state index contributed by atoms with van der Waals surface area (Å²) < 4.78 is 15.5. The third-order valence-electron chi connectivity index (χ3n) is 3.15. The lowest BCUT2D eigenvalue weighted by molar-refractivity contribution is -0.384. The van der Waals surface area contributed by atoms with Crippen molar-refractivity contribution < 1.29 is 23.3 Å². The van der Waals surface area contributed by atoms with Crippen LogP contribution in [0.25, 0.3) is 11.5 Å². The van der Waals surface area contributed by atoms with E-state index in [1.54, 1.807) is 6.92 Å². The third-order valence-corrected chi connectivity index (χ3v) is 3.15. The SMILES string of the molecule is CC(OC(=O)c1ccoc1)c1nnc(-c2ccc([N+](=O)[O-])cc2)o1. The molecule has 0 fully saturated rings. The fraction of sp³-hybridized carbons (Fsp3) is 0.133. The first-order valence-corrected chi connectivity index (χ1v) is 6.86. The van der Waals surface area contributed by atoms with Crippen molar-refractivity contribution in [2.45, 2.75) is 13.0 Å². The maximum absolute atomic E-state index is 11.8. The Bertz CT molecular complexity index is 854. The van der Waals surface area contributed by atoms with Crippen molar-refractivity contribution in [1.29, 1.82) is 0 Å². The van der Waals surface area contributed by atoms with Gasteiger partial charge in [0.25, 0.3) is 11.6 Å². The van der Waals surface area contributed by atoms with E-state index < -0.39 is 17.0 Å². The molecule has 2 aromatic heterocycles. The van der Waals surface area contributed by atoms with Crippen LogP contribution in [0.5, 0.6) is 0 Å². The van der Waals surface area contributed by atoms with Crippen LogP contribution in [0.2, 0.25) is 0 Å². The molecule has 0 saturated heterocycles. The first-order chi connectivity index (χ1) is 11.5. The first kappa shape index (κ1) is 15.4. The Morgan fingerprint density at radius 3 is 2.62 bits per heavy atom. The van der Waals surface area contributed by atoms with Crippen LogP contribution in [-0.2, 0) is 4.74 Å². The number of carbonyl (C=O) groups excluding carboxylic acids is 1. The van der Waals surface area contributed by atoms with Crippen LogP contribution in [-0.4, -0.2) is 21.1 Å². The van der Waals surface area contributed by atoms with E-state index in [9.17, 15) is 14.9 Å². The molecule has 0 saturated carbocycles. The highest BCUT2D eigenvalue weighted by molar-refractivity contribution is 5.88. The average molecular weight is 329 g/mol. The molecule has 0 amide bonds. The van der Waals surface area contributed by atoms with E-state index in [-0.39, 0.29) is 23.0 Å². The fourth-order valence-corrected chi connectivity index (χ4v) is 1.90. The Labute approximate surface area is 135 Å². The van der Waals surface area contributed by atoms with Crippen LogP contribution in [0.4, 0.5) is 5.69 Å². The summed E-state index contributed by atoms with van der Waals surface area (Å²) in [5.74, 6) is -0.294. The largest absolute Gasteiger partial charge is 0.472 e. The molecule has 0 spiro atoms. The lowest BCUT2D eigenvalue weighted by Crippen LogP contribution is -2.08. The van der Waals surface area contributed by atoms with Crippen LogP contribution < -0.4 is 0 Å². The summed E-state index contributed by atoms with van der Waals surface area (Å²) in [5, 5.41) is 18.3. The molecule has 1 aromatic carbocycles. The molecule has 9 heteroatoms. The van der Waals surface area contributed by atoms with Crippen LogP contribution in [0.3, 0.4) is 0 Å². The van der Waals surface area contributed by atoms with Gasteiger partial charge in [-0.3, -0.25) is 10.1 Å². The van der Waals surface area contributed by atoms with Gasteiger partial charge in [0, 0.05) is 17.7 Å². The smallest absolute Gasteiger partial charge is 0.342 e. The number of nitrogens with zero attached hydrogens (tertiary/aromatic N) is 3. The average Bonchev–Trinajstić information content (AvgIpc) is 3.26. The first-order valence-electron chi connectivity index (χ1n) is 6.86. The van der Waals surface area contributed by atoms with Gasteiger partial charge in [0.2, 0.25) is 5.89 Å². The molecule has 0 aliphatic heterocycles. The topological polar surface area (TPSA) is 122 Å². The zero-order valence-corrected chi connectivity index (χ0v) is 12.4. The third kappa shape index (κ3) is 3.14. The van der Waals surface area contributed by atoms with Crippen molar-refractivity contribution in [2.24, 2.45) is 0 Å². The number of furan rings is 1. The second-order valence-corrected chi connectivity index (χ2v) is 4.81. The van der Waals surface area contributed by atoms with E-state index in [2.05, 4.69) is 10.2 Å². The van der Waals surface area contributed by atoms with Crippen molar-refractivity contribution in [3.63, 3.8) is 0 Å². The molecule has 0 bridgehead atoms. The van der Waals surface area contributed by atoms with Gasteiger partial charge in [-0.1, -0.05) is 0 Å². The molecule has 2 heterocycles. The number of hydrogen-bond donors (Lipinski definition) is 0. The number of nitro benzene ring substituents is 1. The number of hydrogen-bond acceptors (Lipinski definition) is 8. The standard InChI is InChI=1S/C15H11N3O6/c1-9(23-15(19)11-6-7-22-8-11)13-16-17-14(24-13)10-2-4-12(5-3-10)18(20)21/h2-9H,1H3. The van der Waals surface area contributed by atoms with Gasteiger partial charge in [-0.05, 0) is 25.1 Å². The lowest BCUT2D eigenvalue weighted by Gasteiger charge is -2.07. The van der Waals surface area contributed by atoms with Gasteiger partial charge in [0.05, 0.1) is 16.7 Å². The minimum Gasteiger partial charge on any atom is -0.472 e. The summed E-state index contributed by atoms with van der Waals surface area (Å²) in [7, 11) is 0. The van der Waals surface area contributed by atoms with Gasteiger partial charge in [-0.2, -0.15) is 0 Å². The maximum atomic E-state index is 11.8. The number of ether oxygens (including phenoxy) is 1. The minimum absolute atomic E-state index is 0.0408. The Hall–Kier alpha value is -3.49. The van der Waals surface area contributed by atoms with Crippen molar-refractivity contribution in [2.75, 3.05) is 0 Å². The number of rotatable bonds is 5. The molecule has 24 heavy (non-hydrogen) atoms. The maximum Gasteiger partial charge on any atom is 0.342 e. The van der Waals surface area contributed by atoms with Crippen molar-refractivity contribution in [3.05, 3.63) is 64.4 Å². The summed E-state index contributed by atoms with van der Waals surface area (Å²) in [5.41, 5.74) is 0.755. The normalized spacial score (nSPS) is 11.9. The summed E-state index contributed by atoms with van der Waals surface area (Å²) in [6.07, 6.45) is 1.87. The molecule has 9 nitrogen and oxygen atoms in total. The Morgan fingerprint density at radius 1 is 1.25 bits per heavy atom. The zero-order chi connectivity index (χ0) is 17.1. The summed E-state index contributed by atoms with van der Waals surface area (Å²) >= 11 is 0. The van der Waals surface area contributed by atoms with E-state index in [4.69, 9.17) is 13.6 Å². The Balaban J connectivity index is 1.72. The molecule has 1 atom stereocenters. The van der Waals surface area contributed by atoms with E-state index in [1.165, 1.54) is 42.9 Å². The molecule has 1 unspecified atom stereocenters. The van der Waals surface area contributed by atoms with Gasteiger partial charge >= 0.3 is 5.97 Å². The molecule has 0 aliphatic rings. The van der Waals surface area contributed by atoms with Gasteiger partial charge in [0.15, 0.2) is 6.10 Å². The van der Waals surface area contributed by atoms with Gasteiger partial charge in [-0.25, -0.2) is 4.79 Å². The molecule has 0 aliphatic carbocycles. The quantitative estimate of drug-likeness (QED) is 0.397. The van der Waals surface area contributed by atoms with Gasteiger partial charge in [-0.15, -0.1) is 10.2 Å². The highest BCUT2D eigenvalue weighted by Gasteiger charge is 2.20. The predicted octanol–water partition coefficient (Wildman–Crippen LogP) is 3.16. The van der Waals surface area contributed by atoms with E-state index in [0.717, 1.165) is 0 Å². The summed E-state index contributed by atoms with van der Waals surface area (Å²) in [4.78, 5) is 22.0. The molecule has 0 radical (unpaired) electrons. The van der Waals surface area contributed by atoms with E-state index in [0.29, 0.717) is 5.56 Å². The van der Waals surface area contributed by atoms with E-state index >= 15 is 0 Å². The molecule has 122 valence electrons. The van der Waals surface area contributed by atoms with Crippen LogP contribution in [0, 0.1) is 10.1 Å². The highest BCUT2D eigenvalue weighted by Crippen LogP contribution is 2.24. The van der Waals surface area contributed by atoms with Gasteiger partial charge < -0.3 is 13.6 Å². The predicted molar refractivity (Wildman–Crippen MR) is 78.9 cm³/mol. The second-order valence-electron chi connectivity index (χ2n) is 4.81. The van der Waals surface area contributed by atoms with Gasteiger partial charge in [0.1, 0.15) is 6.26 Å². The number of esters is 1. The number of non-ortho nitro benzene ring substituents is 1. The lowest BCUT2D eigenvalue weighted by atomic mass is 10.2. The van der Waals surface area contributed by atoms with E-state index in [1.807, 2.05) is 0 Å². The Kier molecular flexibility index (Phi) is 4.06. The summed E-state index contributed by atoms with van der Waals surface area (Å²) in [6.45, 7) is 1.59. The monoisotopic (exact) mass is 329 g/mol. The van der Waals surface area contributed by atoms with Crippen LogP contribution in [0.1, 0.15) is 29.3 Å². The molecule has 3 rings (SSSR count). The molecular formula is C15H11N3O6. The summed E-state index contributed by atoms with van der Waals surface area (Å²) in [6, 6.07) is 7.14. The number of benzene rings is 1. The number of aromatic nitrogens is 2. The highest BCUT2D eigenvalue weighted by atomic mass is 16.6.